The average Bonchev–Trinajstić information content (AvgIpc) is 2.55. The SMILES string of the molecule is O=C(C1CSc2nccc(=O)n2C1)N1CCN(CCO)CC1. The van der Waals surface area contributed by atoms with Gasteiger partial charge in [0.1, 0.15) is 0 Å². The van der Waals surface area contributed by atoms with E-state index in [4.69, 9.17) is 5.11 Å². The smallest absolute Gasteiger partial charge is 0.254 e. The maximum Gasteiger partial charge on any atom is 0.254 e. The number of thioether (sulfide) groups is 1. The Labute approximate surface area is 132 Å². The van der Waals surface area contributed by atoms with Crippen molar-refractivity contribution in [1.82, 2.24) is 19.4 Å². The van der Waals surface area contributed by atoms with E-state index in [1.54, 1.807) is 4.57 Å². The van der Waals surface area contributed by atoms with Gasteiger partial charge in [-0.05, 0) is 0 Å². The lowest BCUT2D eigenvalue weighted by Gasteiger charge is -2.37. The lowest BCUT2D eigenvalue weighted by Crippen LogP contribution is -2.52. The molecule has 0 bridgehead atoms. The Morgan fingerprint density at radius 1 is 1.36 bits per heavy atom. The molecule has 1 amide bonds. The first-order valence-corrected chi connectivity index (χ1v) is 8.48. The number of aliphatic hydroxyl groups excluding tert-OH is 1. The standard InChI is InChI=1S/C14H20N4O3S/c19-8-7-16-3-5-17(6-4-16)13(21)11-9-18-12(20)1-2-15-14(18)22-10-11/h1-2,11,19H,3-10H2. The second kappa shape index (κ2) is 6.80. The molecule has 0 radical (unpaired) electrons. The molecule has 1 saturated heterocycles. The number of hydrogen-bond donors (Lipinski definition) is 1. The van der Waals surface area contributed by atoms with Gasteiger partial charge < -0.3 is 10.0 Å². The maximum atomic E-state index is 12.6. The number of nitrogens with zero attached hydrogens (tertiary/aromatic N) is 4. The number of aromatic nitrogens is 2. The topological polar surface area (TPSA) is 78.7 Å². The molecular weight excluding hydrogens is 304 g/mol. The molecule has 22 heavy (non-hydrogen) atoms. The quantitative estimate of drug-likeness (QED) is 0.726. The molecule has 1 atom stereocenters. The summed E-state index contributed by atoms with van der Waals surface area (Å²) in [5, 5.41) is 9.65. The fraction of sp³-hybridized carbons (Fsp3) is 0.643. The highest BCUT2D eigenvalue weighted by molar-refractivity contribution is 7.99. The van der Waals surface area contributed by atoms with E-state index in [2.05, 4.69) is 9.88 Å². The van der Waals surface area contributed by atoms with E-state index in [9.17, 15) is 9.59 Å². The van der Waals surface area contributed by atoms with Crippen LogP contribution >= 0.6 is 11.8 Å². The molecule has 0 aliphatic carbocycles. The van der Waals surface area contributed by atoms with Crippen molar-refractivity contribution in [3.05, 3.63) is 22.6 Å². The summed E-state index contributed by atoms with van der Waals surface area (Å²) in [5.41, 5.74) is -0.0947. The van der Waals surface area contributed by atoms with Crippen molar-refractivity contribution in [2.75, 3.05) is 45.1 Å². The molecule has 1 unspecified atom stereocenters. The fourth-order valence-electron chi connectivity index (χ4n) is 2.89. The minimum atomic E-state index is -0.163. The summed E-state index contributed by atoms with van der Waals surface area (Å²) in [5.74, 6) is 0.632. The van der Waals surface area contributed by atoms with Gasteiger partial charge in [-0.3, -0.25) is 19.1 Å². The highest BCUT2D eigenvalue weighted by atomic mass is 32.2. The Balaban J connectivity index is 1.63. The van der Waals surface area contributed by atoms with E-state index in [-0.39, 0.29) is 24.0 Å². The Morgan fingerprint density at radius 3 is 2.86 bits per heavy atom. The molecule has 0 spiro atoms. The van der Waals surface area contributed by atoms with Crippen LogP contribution in [0.5, 0.6) is 0 Å². The number of piperazine rings is 1. The Hall–Kier alpha value is -1.38. The molecule has 120 valence electrons. The number of β-amino-alcohol motifs (C(OH)–C–C–N with tert-alkyl or cyclic N) is 1. The molecule has 7 nitrogen and oxygen atoms in total. The predicted molar refractivity (Wildman–Crippen MR) is 82.8 cm³/mol. The molecular formula is C14H20N4O3S. The van der Waals surface area contributed by atoms with Crippen molar-refractivity contribution in [3.63, 3.8) is 0 Å². The van der Waals surface area contributed by atoms with Crippen molar-refractivity contribution in [2.45, 2.75) is 11.7 Å². The zero-order valence-electron chi connectivity index (χ0n) is 12.3. The van der Waals surface area contributed by atoms with Crippen LogP contribution in [-0.2, 0) is 11.3 Å². The first kappa shape index (κ1) is 15.5. The van der Waals surface area contributed by atoms with Crippen molar-refractivity contribution in [2.24, 2.45) is 5.92 Å². The van der Waals surface area contributed by atoms with Crippen LogP contribution in [0.3, 0.4) is 0 Å². The molecule has 3 rings (SSSR count). The maximum absolute atomic E-state index is 12.6. The first-order valence-electron chi connectivity index (χ1n) is 7.49. The van der Waals surface area contributed by atoms with Crippen LogP contribution in [0, 0.1) is 5.92 Å². The summed E-state index contributed by atoms with van der Waals surface area (Å²) in [6, 6.07) is 1.44. The molecule has 0 aromatic carbocycles. The van der Waals surface area contributed by atoms with Gasteiger partial charge in [0.05, 0.1) is 12.5 Å². The van der Waals surface area contributed by atoms with Crippen LogP contribution in [0.2, 0.25) is 0 Å². The molecule has 1 N–H and O–H groups in total. The van der Waals surface area contributed by atoms with Crippen molar-refractivity contribution in [3.8, 4) is 0 Å². The van der Waals surface area contributed by atoms with Crippen LogP contribution in [0.1, 0.15) is 0 Å². The number of aliphatic hydroxyl groups is 1. The molecule has 1 fully saturated rings. The largest absolute Gasteiger partial charge is 0.395 e. The molecule has 0 saturated carbocycles. The van der Waals surface area contributed by atoms with Gasteiger partial charge in [0.15, 0.2) is 5.16 Å². The van der Waals surface area contributed by atoms with Crippen LogP contribution in [0.4, 0.5) is 0 Å². The third-order valence-corrected chi connectivity index (χ3v) is 5.32. The van der Waals surface area contributed by atoms with E-state index in [1.165, 1.54) is 24.0 Å². The number of hydrogen-bond acceptors (Lipinski definition) is 6. The van der Waals surface area contributed by atoms with Gasteiger partial charge in [-0.2, -0.15) is 0 Å². The van der Waals surface area contributed by atoms with Crippen LogP contribution in [-0.4, -0.2) is 75.4 Å². The summed E-state index contributed by atoms with van der Waals surface area (Å²) in [7, 11) is 0. The van der Waals surface area contributed by atoms with Crippen LogP contribution in [0.25, 0.3) is 0 Å². The summed E-state index contributed by atoms with van der Waals surface area (Å²) in [6.07, 6.45) is 1.52. The van der Waals surface area contributed by atoms with Crippen LogP contribution < -0.4 is 5.56 Å². The Kier molecular flexibility index (Phi) is 4.80. The van der Waals surface area contributed by atoms with Gasteiger partial charge in [0, 0.05) is 57.3 Å². The molecule has 8 heteroatoms. The fourth-order valence-corrected chi connectivity index (χ4v) is 3.95. The number of carbonyl (C=O) groups is 1. The van der Waals surface area contributed by atoms with Crippen molar-refractivity contribution in [1.29, 1.82) is 0 Å². The lowest BCUT2D eigenvalue weighted by molar-refractivity contribution is -0.137. The average molecular weight is 324 g/mol. The highest BCUT2D eigenvalue weighted by Gasteiger charge is 2.31. The first-order chi connectivity index (χ1) is 10.7. The van der Waals surface area contributed by atoms with E-state index in [1.807, 2.05) is 4.90 Å². The normalized spacial score (nSPS) is 22.4. The van der Waals surface area contributed by atoms with Gasteiger partial charge in [-0.15, -0.1) is 0 Å². The molecule has 2 aliphatic rings. The number of carbonyl (C=O) groups excluding carboxylic acids is 1. The van der Waals surface area contributed by atoms with Gasteiger partial charge in [-0.25, -0.2) is 4.98 Å². The lowest BCUT2D eigenvalue weighted by atomic mass is 10.1. The predicted octanol–water partition coefficient (Wildman–Crippen LogP) is -0.898. The number of rotatable bonds is 3. The van der Waals surface area contributed by atoms with E-state index in [0.29, 0.717) is 37.1 Å². The van der Waals surface area contributed by atoms with Crippen molar-refractivity contribution < 1.29 is 9.90 Å². The minimum absolute atomic E-state index is 0.0947. The number of amides is 1. The number of fused-ring (bicyclic) bond motifs is 1. The van der Waals surface area contributed by atoms with Crippen LogP contribution in [0.15, 0.2) is 22.2 Å². The van der Waals surface area contributed by atoms with Gasteiger partial charge >= 0.3 is 0 Å². The Morgan fingerprint density at radius 2 is 2.14 bits per heavy atom. The third kappa shape index (κ3) is 3.18. The molecule has 1 aromatic rings. The second-order valence-corrected chi connectivity index (χ2v) is 6.56. The Bertz CT molecular complexity index is 598. The molecule has 2 aliphatic heterocycles. The second-order valence-electron chi connectivity index (χ2n) is 5.57. The third-order valence-electron chi connectivity index (χ3n) is 4.17. The van der Waals surface area contributed by atoms with Gasteiger partial charge in [0.2, 0.25) is 5.91 Å². The summed E-state index contributed by atoms with van der Waals surface area (Å²) in [6.45, 7) is 4.21. The van der Waals surface area contributed by atoms with E-state index in [0.717, 1.165) is 13.1 Å². The summed E-state index contributed by atoms with van der Waals surface area (Å²) in [4.78, 5) is 32.7. The summed E-state index contributed by atoms with van der Waals surface area (Å²) >= 11 is 1.47. The van der Waals surface area contributed by atoms with Gasteiger partial charge in [-0.1, -0.05) is 11.8 Å². The monoisotopic (exact) mass is 324 g/mol. The minimum Gasteiger partial charge on any atom is -0.395 e. The van der Waals surface area contributed by atoms with E-state index >= 15 is 0 Å². The van der Waals surface area contributed by atoms with Crippen molar-refractivity contribution >= 4 is 17.7 Å². The summed E-state index contributed by atoms with van der Waals surface area (Å²) < 4.78 is 1.60. The zero-order chi connectivity index (χ0) is 15.5. The highest BCUT2D eigenvalue weighted by Crippen LogP contribution is 2.26. The zero-order valence-corrected chi connectivity index (χ0v) is 13.2. The molecule has 1 aromatic heterocycles. The molecule has 3 heterocycles. The van der Waals surface area contributed by atoms with E-state index < -0.39 is 0 Å². The van der Waals surface area contributed by atoms with Gasteiger partial charge in [0.25, 0.3) is 5.56 Å².